The number of carbonyl (C=O) groups excluding carboxylic acids is 2. The van der Waals surface area contributed by atoms with Crippen LogP contribution in [0.15, 0.2) is 58.0 Å². The summed E-state index contributed by atoms with van der Waals surface area (Å²) < 4.78 is 39.6. The van der Waals surface area contributed by atoms with Crippen molar-refractivity contribution in [3.63, 3.8) is 0 Å². The summed E-state index contributed by atoms with van der Waals surface area (Å²) in [4.78, 5) is 28.7. The molecule has 158 valence electrons. The molecule has 0 N–H and O–H groups in total. The minimum Gasteiger partial charge on any atom is -0.465 e. The van der Waals surface area contributed by atoms with E-state index in [1.54, 1.807) is 19.1 Å². The predicted octanol–water partition coefficient (Wildman–Crippen LogP) is 3.94. The van der Waals surface area contributed by atoms with Gasteiger partial charge in [-0.05, 0) is 13.0 Å². The van der Waals surface area contributed by atoms with Crippen molar-refractivity contribution in [1.29, 1.82) is 0 Å². The third kappa shape index (κ3) is 4.29. The van der Waals surface area contributed by atoms with E-state index in [4.69, 9.17) is 9.26 Å². The predicted molar refractivity (Wildman–Crippen MR) is 108 cm³/mol. The highest BCUT2D eigenvalue weighted by molar-refractivity contribution is 7.16. The molecule has 0 aliphatic carbocycles. The van der Waals surface area contributed by atoms with Gasteiger partial charge in [0, 0.05) is 17.7 Å². The van der Waals surface area contributed by atoms with Crippen molar-refractivity contribution in [3.8, 4) is 11.3 Å². The first kappa shape index (κ1) is 20.6. The number of benzene rings is 2. The Bertz CT molecular complexity index is 1340. The molecular formula is C21H15F2N3O4S. The van der Waals surface area contributed by atoms with E-state index in [0.717, 1.165) is 23.0 Å². The minimum atomic E-state index is -0.878. The molecular weight excluding hydrogens is 428 g/mol. The summed E-state index contributed by atoms with van der Waals surface area (Å²) in [5.74, 6) is -2.68. The molecule has 1 amide bonds. The van der Waals surface area contributed by atoms with Crippen molar-refractivity contribution in [2.24, 2.45) is 4.99 Å². The molecule has 0 saturated heterocycles. The van der Waals surface area contributed by atoms with Gasteiger partial charge in [0.1, 0.15) is 12.4 Å². The summed E-state index contributed by atoms with van der Waals surface area (Å²) in [7, 11) is 0. The molecule has 4 aromatic rings. The van der Waals surface area contributed by atoms with Gasteiger partial charge in [-0.15, -0.1) is 0 Å². The number of ether oxygens (including phenoxy) is 1. The molecule has 0 unspecified atom stereocenters. The molecule has 0 fully saturated rings. The number of esters is 1. The number of fused-ring (bicyclic) bond motifs is 1. The second kappa shape index (κ2) is 8.60. The summed E-state index contributed by atoms with van der Waals surface area (Å²) in [5, 5.41) is 3.75. The summed E-state index contributed by atoms with van der Waals surface area (Å²) in [6.07, 6.45) is 0. The zero-order valence-corrected chi connectivity index (χ0v) is 17.0. The van der Waals surface area contributed by atoms with Crippen LogP contribution in [0.25, 0.3) is 21.5 Å². The fraction of sp³-hybridized carbons (Fsp3) is 0.143. The fourth-order valence-corrected chi connectivity index (χ4v) is 4.02. The van der Waals surface area contributed by atoms with Crippen LogP contribution in [-0.4, -0.2) is 28.2 Å². The van der Waals surface area contributed by atoms with Gasteiger partial charge < -0.3 is 13.8 Å². The first-order valence-corrected chi connectivity index (χ1v) is 10.0. The molecule has 4 rings (SSSR count). The highest BCUT2D eigenvalue weighted by Crippen LogP contribution is 2.23. The maximum absolute atomic E-state index is 14.4. The van der Waals surface area contributed by atoms with E-state index in [1.165, 1.54) is 10.6 Å². The van der Waals surface area contributed by atoms with Gasteiger partial charge in [0.2, 0.25) is 0 Å². The van der Waals surface area contributed by atoms with E-state index in [-0.39, 0.29) is 27.3 Å². The van der Waals surface area contributed by atoms with Gasteiger partial charge in [0.25, 0.3) is 0 Å². The second-order valence-corrected chi connectivity index (χ2v) is 7.38. The third-order valence-corrected chi connectivity index (χ3v) is 5.30. The van der Waals surface area contributed by atoms with Crippen LogP contribution in [0.3, 0.4) is 0 Å². The maximum Gasteiger partial charge on any atom is 0.326 e. The highest BCUT2D eigenvalue weighted by Gasteiger charge is 2.18. The molecule has 0 atom stereocenters. The number of thiazole rings is 1. The Morgan fingerprint density at radius 2 is 1.97 bits per heavy atom. The lowest BCUT2D eigenvalue weighted by molar-refractivity contribution is -0.143. The summed E-state index contributed by atoms with van der Waals surface area (Å²) >= 11 is 0.868. The number of hydrogen-bond acceptors (Lipinski definition) is 6. The van der Waals surface area contributed by atoms with Gasteiger partial charge in [-0.3, -0.25) is 9.59 Å². The number of carbonyl (C=O) groups is 2. The van der Waals surface area contributed by atoms with Crippen LogP contribution >= 0.6 is 11.3 Å². The van der Waals surface area contributed by atoms with Crippen molar-refractivity contribution < 1.29 is 27.6 Å². The number of hydrogen-bond donors (Lipinski definition) is 0. The normalized spacial score (nSPS) is 11.8. The molecule has 10 heteroatoms. The Morgan fingerprint density at radius 1 is 1.19 bits per heavy atom. The Balaban J connectivity index is 1.77. The first-order valence-electron chi connectivity index (χ1n) is 9.21. The Morgan fingerprint density at radius 3 is 2.71 bits per heavy atom. The number of rotatable bonds is 5. The molecule has 0 saturated carbocycles. The van der Waals surface area contributed by atoms with Gasteiger partial charge in [-0.25, -0.2) is 8.78 Å². The molecule has 2 aromatic heterocycles. The van der Waals surface area contributed by atoms with Crippen LogP contribution in [-0.2, 0) is 16.1 Å². The SMILES string of the molecule is CCOC(=O)Cn1c(=NC(=O)c2cc(-c3ccccc3)on2)sc2cc(F)cc(F)c21. The highest BCUT2D eigenvalue weighted by atomic mass is 32.1. The van der Waals surface area contributed by atoms with Crippen LogP contribution in [0.2, 0.25) is 0 Å². The molecule has 7 nitrogen and oxygen atoms in total. The van der Waals surface area contributed by atoms with Gasteiger partial charge in [-0.1, -0.05) is 46.8 Å². The molecule has 2 heterocycles. The Hall–Kier alpha value is -3.66. The van der Waals surface area contributed by atoms with E-state index in [2.05, 4.69) is 10.1 Å². The summed E-state index contributed by atoms with van der Waals surface area (Å²) in [6, 6.07) is 12.3. The summed E-state index contributed by atoms with van der Waals surface area (Å²) in [6.45, 7) is 1.37. The van der Waals surface area contributed by atoms with Gasteiger partial charge in [0.05, 0.1) is 16.8 Å². The van der Waals surface area contributed by atoms with E-state index >= 15 is 0 Å². The van der Waals surface area contributed by atoms with Gasteiger partial charge in [0.15, 0.2) is 22.1 Å². The average molecular weight is 443 g/mol. The lowest BCUT2D eigenvalue weighted by atomic mass is 10.1. The van der Waals surface area contributed by atoms with Gasteiger partial charge in [-0.2, -0.15) is 4.99 Å². The topological polar surface area (TPSA) is 86.7 Å². The van der Waals surface area contributed by atoms with Crippen LogP contribution < -0.4 is 4.80 Å². The zero-order chi connectivity index (χ0) is 22.0. The van der Waals surface area contributed by atoms with Crippen molar-refractivity contribution in [3.05, 3.63) is 70.7 Å². The van der Waals surface area contributed by atoms with Crippen molar-refractivity contribution in [2.45, 2.75) is 13.5 Å². The quantitative estimate of drug-likeness (QED) is 0.436. The molecule has 0 spiro atoms. The number of amides is 1. The average Bonchev–Trinajstić information content (AvgIpc) is 3.35. The lowest BCUT2D eigenvalue weighted by Crippen LogP contribution is -2.23. The Kier molecular flexibility index (Phi) is 5.72. The number of nitrogens with zero attached hydrogens (tertiary/aromatic N) is 3. The molecule has 0 aliphatic heterocycles. The maximum atomic E-state index is 14.4. The lowest BCUT2D eigenvalue weighted by Gasteiger charge is -2.05. The second-order valence-electron chi connectivity index (χ2n) is 6.37. The largest absolute Gasteiger partial charge is 0.465 e. The standard InChI is InChI=1S/C21H15F2N3O4S/c1-2-29-18(27)11-26-19-14(23)8-13(22)9-17(19)31-21(26)24-20(28)15-10-16(30-25-15)12-6-4-3-5-7-12/h3-10H,2,11H2,1H3. The van der Waals surface area contributed by atoms with Crippen LogP contribution in [0, 0.1) is 11.6 Å². The van der Waals surface area contributed by atoms with Crippen LogP contribution in [0.5, 0.6) is 0 Å². The number of aromatic nitrogens is 2. The summed E-state index contributed by atoms with van der Waals surface area (Å²) in [5.41, 5.74) is 0.618. The van der Waals surface area contributed by atoms with E-state index in [1.807, 2.05) is 18.2 Å². The molecule has 0 radical (unpaired) electrons. The Labute approximate surface area is 178 Å². The molecule has 2 aromatic carbocycles. The van der Waals surface area contributed by atoms with Gasteiger partial charge >= 0.3 is 11.9 Å². The molecule has 0 bridgehead atoms. The van der Waals surface area contributed by atoms with E-state index in [9.17, 15) is 18.4 Å². The van der Waals surface area contributed by atoms with Crippen molar-refractivity contribution in [1.82, 2.24) is 9.72 Å². The zero-order valence-electron chi connectivity index (χ0n) is 16.2. The van der Waals surface area contributed by atoms with E-state index < -0.39 is 30.1 Å². The first-order chi connectivity index (χ1) is 15.0. The molecule has 0 aliphatic rings. The minimum absolute atomic E-state index is 0.00168. The fourth-order valence-electron chi connectivity index (χ4n) is 2.96. The smallest absolute Gasteiger partial charge is 0.326 e. The van der Waals surface area contributed by atoms with E-state index in [0.29, 0.717) is 11.8 Å². The van der Waals surface area contributed by atoms with Crippen LogP contribution in [0.1, 0.15) is 17.4 Å². The number of halogens is 2. The molecule has 31 heavy (non-hydrogen) atoms. The van der Waals surface area contributed by atoms with Crippen molar-refractivity contribution in [2.75, 3.05) is 6.61 Å². The van der Waals surface area contributed by atoms with Crippen LogP contribution in [0.4, 0.5) is 8.78 Å². The monoisotopic (exact) mass is 443 g/mol. The van der Waals surface area contributed by atoms with Crippen molar-refractivity contribution >= 4 is 33.4 Å². The third-order valence-electron chi connectivity index (χ3n) is 4.27.